The predicted octanol–water partition coefficient (Wildman–Crippen LogP) is 6.16. The minimum Gasteiger partial charge on any atom is -0.438 e. The van der Waals surface area contributed by atoms with E-state index in [9.17, 15) is 14.4 Å². The molecule has 198 valence electrons. The SMILES string of the molecule is CC1C(=O)OC(=O)C1C.CCC(C)C[Si](C)(C)C.CCOCOC(=O)C1CC2CC1C(C)C2C. The van der Waals surface area contributed by atoms with Crippen molar-refractivity contribution in [1.82, 2.24) is 0 Å². The molecule has 1 heterocycles. The van der Waals surface area contributed by atoms with Crippen LogP contribution in [0.25, 0.3) is 0 Å². The normalized spacial score (nSPS) is 32.8. The fourth-order valence-corrected chi connectivity index (χ4v) is 7.76. The van der Waals surface area contributed by atoms with Crippen LogP contribution >= 0.6 is 0 Å². The molecule has 8 unspecified atom stereocenters. The molecule has 1 aliphatic heterocycles. The van der Waals surface area contributed by atoms with Gasteiger partial charge in [0.15, 0.2) is 6.79 Å². The first-order valence-electron chi connectivity index (χ1n) is 13.2. The molecule has 2 bridgehead atoms. The van der Waals surface area contributed by atoms with Gasteiger partial charge >= 0.3 is 17.9 Å². The van der Waals surface area contributed by atoms with E-state index in [1.807, 2.05) is 6.92 Å². The highest BCUT2D eigenvalue weighted by molar-refractivity contribution is 6.76. The Hall–Kier alpha value is -1.21. The maximum Gasteiger partial charge on any atom is 0.317 e. The van der Waals surface area contributed by atoms with Crippen molar-refractivity contribution < 1.29 is 28.6 Å². The Morgan fingerprint density at radius 2 is 1.56 bits per heavy atom. The Bertz CT molecular complexity index is 653. The van der Waals surface area contributed by atoms with Gasteiger partial charge < -0.3 is 14.2 Å². The average molecular weight is 499 g/mol. The molecular formula is C27H50O6Si. The molecule has 0 N–H and O–H groups in total. The molecular weight excluding hydrogens is 448 g/mol. The number of hydrogen-bond acceptors (Lipinski definition) is 6. The summed E-state index contributed by atoms with van der Waals surface area (Å²) in [4.78, 5) is 33.0. The summed E-state index contributed by atoms with van der Waals surface area (Å²) in [6, 6.07) is 1.49. The van der Waals surface area contributed by atoms with Gasteiger partial charge in [-0.3, -0.25) is 14.4 Å². The van der Waals surface area contributed by atoms with E-state index in [2.05, 4.69) is 52.1 Å². The van der Waals surface area contributed by atoms with E-state index < -0.39 is 20.0 Å². The zero-order chi connectivity index (χ0) is 26.2. The predicted molar refractivity (Wildman–Crippen MR) is 138 cm³/mol. The lowest BCUT2D eigenvalue weighted by atomic mass is 9.76. The molecule has 0 amide bonds. The molecule has 8 atom stereocenters. The Morgan fingerprint density at radius 1 is 1.00 bits per heavy atom. The van der Waals surface area contributed by atoms with Crippen LogP contribution in [0.15, 0.2) is 0 Å². The van der Waals surface area contributed by atoms with Crippen LogP contribution in [-0.4, -0.2) is 39.4 Å². The van der Waals surface area contributed by atoms with E-state index >= 15 is 0 Å². The van der Waals surface area contributed by atoms with E-state index in [1.165, 1.54) is 18.9 Å². The minimum atomic E-state index is -0.741. The van der Waals surface area contributed by atoms with Gasteiger partial charge in [-0.25, -0.2) is 0 Å². The molecule has 3 aliphatic rings. The van der Waals surface area contributed by atoms with Crippen LogP contribution in [0, 0.1) is 47.3 Å². The lowest BCUT2D eigenvalue weighted by Crippen LogP contribution is -2.31. The van der Waals surface area contributed by atoms with Crippen LogP contribution in [0.1, 0.15) is 67.7 Å². The summed E-state index contributed by atoms with van der Waals surface area (Å²) in [5.41, 5.74) is 0. The van der Waals surface area contributed by atoms with Gasteiger partial charge in [0.05, 0.1) is 17.8 Å². The fourth-order valence-electron chi connectivity index (χ4n) is 5.38. The standard InChI is InChI=1S/C13H22O3.C8H20Si.C6H8O3/c1-4-15-7-16-13(14)12-6-10-5-11(12)9(3)8(10)2;1-6-8(2)7-9(3,4)5;1-3-4(2)6(8)9-5(3)7/h8-12H,4-7H2,1-3H3;8H,6-7H2,1-5H3;3-4H,1-2H3. The van der Waals surface area contributed by atoms with Crippen molar-refractivity contribution in [2.75, 3.05) is 13.4 Å². The highest BCUT2D eigenvalue weighted by Gasteiger charge is 2.51. The van der Waals surface area contributed by atoms with Gasteiger partial charge in [0.1, 0.15) is 0 Å². The third kappa shape index (κ3) is 9.10. The van der Waals surface area contributed by atoms with E-state index in [0.717, 1.165) is 24.2 Å². The number of ether oxygens (including phenoxy) is 3. The average Bonchev–Trinajstić information content (AvgIpc) is 3.38. The van der Waals surface area contributed by atoms with Crippen LogP contribution in [-0.2, 0) is 28.6 Å². The molecule has 6 nitrogen and oxygen atoms in total. The van der Waals surface area contributed by atoms with Gasteiger partial charge in [-0.2, -0.15) is 0 Å². The topological polar surface area (TPSA) is 78.9 Å². The van der Waals surface area contributed by atoms with Crippen molar-refractivity contribution in [3.8, 4) is 0 Å². The Labute approximate surface area is 208 Å². The van der Waals surface area contributed by atoms with E-state index in [-0.39, 0.29) is 30.5 Å². The third-order valence-corrected chi connectivity index (χ3v) is 9.96. The summed E-state index contributed by atoms with van der Waals surface area (Å²) in [6.45, 7) is 22.6. The van der Waals surface area contributed by atoms with Crippen molar-refractivity contribution >= 4 is 26.0 Å². The van der Waals surface area contributed by atoms with Crippen LogP contribution in [0.3, 0.4) is 0 Å². The molecule has 34 heavy (non-hydrogen) atoms. The summed E-state index contributed by atoms with van der Waals surface area (Å²) in [5, 5.41) is 0. The first-order chi connectivity index (χ1) is 15.7. The van der Waals surface area contributed by atoms with Crippen molar-refractivity contribution in [2.24, 2.45) is 47.3 Å². The molecule has 0 aromatic heterocycles. The summed E-state index contributed by atoms with van der Waals surface area (Å²) >= 11 is 0. The lowest BCUT2D eigenvalue weighted by Gasteiger charge is -2.30. The molecule has 3 rings (SSSR count). The van der Waals surface area contributed by atoms with E-state index in [0.29, 0.717) is 18.4 Å². The number of esters is 3. The third-order valence-electron chi connectivity index (χ3n) is 8.04. The number of rotatable bonds is 7. The Morgan fingerprint density at radius 3 is 1.88 bits per heavy atom. The molecule has 0 spiro atoms. The zero-order valence-electron chi connectivity index (χ0n) is 23.3. The molecule has 2 aliphatic carbocycles. The van der Waals surface area contributed by atoms with Crippen molar-refractivity contribution in [2.45, 2.75) is 93.4 Å². The zero-order valence-corrected chi connectivity index (χ0v) is 24.3. The summed E-state index contributed by atoms with van der Waals surface area (Å²) < 4.78 is 14.5. The Kier molecular flexibility index (Phi) is 12.5. The van der Waals surface area contributed by atoms with Gasteiger partial charge in [-0.15, -0.1) is 0 Å². The van der Waals surface area contributed by atoms with Crippen LogP contribution in [0.5, 0.6) is 0 Å². The van der Waals surface area contributed by atoms with E-state index in [1.54, 1.807) is 13.8 Å². The Balaban J connectivity index is 0.000000276. The lowest BCUT2D eigenvalue weighted by molar-refractivity contribution is -0.163. The van der Waals surface area contributed by atoms with Gasteiger partial charge in [-0.05, 0) is 49.4 Å². The second-order valence-electron chi connectivity index (χ2n) is 11.9. The minimum absolute atomic E-state index is 0.0419. The van der Waals surface area contributed by atoms with E-state index in [4.69, 9.17) is 9.47 Å². The maximum atomic E-state index is 11.9. The van der Waals surface area contributed by atoms with Gasteiger partial charge in [0, 0.05) is 14.7 Å². The quantitative estimate of drug-likeness (QED) is 0.137. The van der Waals surface area contributed by atoms with Gasteiger partial charge in [0.25, 0.3) is 0 Å². The fraction of sp³-hybridized carbons (Fsp3) is 0.889. The largest absolute Gasteiger partial charge is 0.438 e. The van der Waals surface area contributed by atoms with Gasteiger partial charge in [0.2, 0.25) is 0 Å². The van der Waals surface area contributed by atoms with Crippen molar-refractivity contribution in [1.29, 1.82) is 0 Å². The smallest absolute Gasteiger partial charge is 0.317 e. The maximum absolute atomic E-state index is 11.9. The van der Waals surface area contributed by atoms with Gasteiger partial charge in [-0.1, -0.05) is 73.6 Å². The molecule has 7 heteroatoms. The molecule has 2 saturated carbocycles. The molecule has 1 saturated heterocycles. The number of hydrogen-bond donors (Lipinski definition) is 0. The monoisotopic (exact) mass is 498 g/mol. The van der Waals surface area contributed by atoms with Crippen LogP contribution < -0.4 is 0 Å². The summed E-state index contributed by atoms with van der Waals surface area (Å²) in [6.07, 6.45) is 3.60. The number of carbonyl (C=O) groups excluding carboxylic acids is 3. The van der Waals surface area contributed by atoms with Crippen molar-refractivity contribution in [3.05, 3.63) is 0 Å². The molecule has 0 aromatic rings. The number of carbonyl (C=O) groups is 3. The van der Waals surface area contributed by atoms with Crippen LogP contribution in [0.2, 0.25) is 25.7 Å². The molecule has 0 radical (unpaired) electrons. The summed E-state index contributed by atoms with van der Waals surface area (Å²) in [5.74, 6) is 2.49. The molecule has 0 aromatic carbocycles. The second-order valence-corrected chi connectivity index (χ2v) is 17.4. The second kappa shape index (κ2) is 13.8. The first-order valence-corrected chi connectivity index (χ1v) is 16.9. The van der Waals surface area contributed by atoms with Crippen LogP contribution in [0.4, 0.5) is 0 Å². The van der Waals surface area contributed by atoms with Crippen molar-refractivity contribution in [3.63, 3.8) is 0 Å². The highest BCUT2D eigenvalue weighted by atomic mass is 28.3. The highest BCUT2D eigenvalue weighted by Crippen LogP contribution is 2.55. The summed E-state index contributed by atoms with van der Waals surface area (Å²) in [7, 11) is -0.741. The number of cyclic esters (lactones) is 2. The number of fused-ring (bicyclic) bond motifs is 2. The molecule has 3 fully saturated rings. The first kappa shape index (κ1) is 30.8.